The summed E-state index contributed by atoms with van der Waals surface area (Å²) in [5.74, 6) is -4.45. The van der Waals surface area contributed by atoms with Gasteiger partial charge in [-0.25, -0.2) is 13.6 Å². The molecule has 0 atom stereocenters. The number of aliphatic carboxylic acids is 1. The van der Waals surface area contributed by atoms with Crippen LogP contribution in [0.5, 0.6) is 5.75 Å². The van der Waals surface area contributed by atoms with Gasteiger partial charge in [-0.3, -0.25) is 4.79 Å². The van der Waals surface area contributed by atoms with E-state index in [0.29, 0.717) is 22.7 Å². The molecule has 0 fully saturated rings. The van der Waals surface area contributed by atoms with Gasteiger partial charge in [0, 0.05) is 23.4 Å². The van der Waals surface area contributed by atoms with Gasteiger partial charge in [-0.1, -0.05) is 6.07 Å². The molecule has 0 radical (unpaired) electrons. The van der Waals surface area contributed by atoms with Crippen molar-refractivity contribution in [1.82, 2.24) is 4.57 Å². The first-order valence-electron chi connectivity index (χ1n) is 8.10. The Labute approximate surface area is 157 Å². The topological polar surface area (TPSA) is 88.8 Å². The van der Waals surface area contributed by atoms with Gasteiger partial charge in [0.25, 0.3) is 5.78 Å². The largest absolute Gasteiger partial charge is 0.507 e. The van der Waals surface area contributed by atoms with Gasteiger partial charge in [-0.15, -0.1) is 0 Å². The minimum Gasteiger partial charge on any atom is -0.507 e. The summed E-state index contributed by atoms with van der Waals surface area (Å²) >= 11 is 0. The lowest BCUT2D eigenvalue weighted by molar-refractivity contribution is -0.146. The van der Waals surface area contributed by atoms with Crippen LogP contribution in [0.25, 0.3) is 16.7 Å². The number of aromatic nitrogens is 1. The summed E-state index contributed by atoms with van der Waals surface area (Å²) < 4.78 is 34.4. The number of fused-ring (bicyclic) bond motifs is 1. The lowest BCUT2D eigenvalue weighted by Gasteiger charge is -2.08. The molecular weight excluding hydrogens is 372 g/mol. The van der Waals surface area contributed by atoms with Crippen LogP contribution in [0.3, 0.4) is 0 Å². The van der Waals surface area contributed by atoms with Crippen molar-refractivity contribution >= 4 is 28.4 Å². The van der Waals surface area contributed by atoms with Crippen LogP contribution in [-0.2, 0) is 16.1 Å². The second kappa shape index (κ2) is 7.51. The van der Waals surface area contributed by atoms with Crippen LogP contribution in [-0.4, -0.2) is 33.6 Å². The molecule has 3 rings (SSSR count). The average Bonchev–Trinajstić information content (AvgIpc) is 3.03. The van der Waals surface area contributed by atoms with Crippen molar-refractivity contribution < 1.29 is 33.3 Å². The number of carboxylic acid groups (broad SMARTS) is 1. The molecule has 144 valence electrons. The highest BCUT2D eigenvalue weighted by Gasteiger charge is 2.19. The third-order valence-corrected chi connectivity index (χ3v) is 4.19. The molecule has 28 heavy (non-hydrogen) atoms. The van der Waals surface area contributed by atoms with Crippen molar-refractivity contribution in [2.45, 2.75) is 6.54 Å². The standard InChI is InChI=1S/C20H15F2NO5/c1-28-18-4-2-3-15-19(18)13(16(24)8-17(25)20(26)27)10-23(15)9-11-7-12(21)5-6-14(11)22/h2-8,10,24H,9H2,1H3,(H,26,27)/b16-8+. The molecule has 0 saturated heterocycles. The van der Waals surface area contributed by atoms with Crippen LogP contribution in [0.15, 0.2) is 48.7 Å². The number of methoxy groups -OCH3 is 1. The Morgan fingerprint density at radius 3 is 2.61 bits per heavy atom. The number of ether oxygens (including phenoxy) is 1. The van der Waals surface area contributed by atoms with E-state index in [1.165, 1.54) is 13.3 Å². The maximum absolute atomic E-state index is 14.1. The molecule has 0 aliphatic carbocycles. The first-order chi connectivity index (χ1) is 13.3. The highest BCUT2D eigenvalue weighted by atomic mass is 19.1. The number of ketones is 1. The molecule has 0 bridgehead atoms. The number of aliphatic hydroxyl groups is 1. The fourth-order valence-corrected chi connectivity index (χ4v) is 2.93. The molecule has 0 amide bonds. The number of aliphatic hydroxyl groups excluding tert-OH is 1. The highest BCUT2D eigenvalue weighted by Crippen LogP contribution is 2.34. The smallest absolute Gasteiger partial charge is 0.376 e. The molecule has 1 aromatic heterocycles. The van der Waals surface area contributed by atoms with Gasteiger partial charge < -0.3 is 19.5 Å². The summed E-state index contributed by atoms with van der Waals surface area (Å²) in [5, 5.41) is 19.4. The third kappa shape index (κ3) is 3.57. The highest BCUT2D eigenvalue weighted by molar-refractivity contribution is 6.38. The second-order valence-corrected chi connectivity index (χ2v) is 5.96. The van der Waals surface area contributed by atoms with E-state index in [9.17, 15) is 23.5 Å². The van der Waals surface area contributed by atoms with E-state index >= 15 is 0 Å². The van der Waals surface area contributed by atoms with Gasteiger partial charge in [0.15, 0.2) is 0 Å². The van der Waals surface area contributed by atoms with Gasteiger partial charge in [0.05, 0.1) is 24.6 Å². The molecular formula is C20H15F2NO5. The van der Waals surface area contributed by atoms with Crippen molar-refractivity contribution in [3.63, 3.8) is 0 Å². The molecule has 0 spiro atoms. The maximum atomic E-state index is 14.1. The predicted octanol–water partition coefficient (Wildman–Crippen LogP) is 3.53. The van der Waals surface area contributed by atoms with Crippen LogP contribution < -0.4 is 4.74 Å². The number of halogens is 2. The zero-order valence-electron chi connectivity index (χ0n) is 14.6. The van der Waals surface area contributed by atoms with Crippen LogP contribution in [0.4, 0.5) is 8.78 Å². The molecule has 0 aliphatic heterocycles. The Morgan fingerprint density at radius 2 is 1.93 bits per heavy atom. The van der Waals surface area contributed by atoms with Crippen LogP contribution in [0, 0.1) is 11.6 Å². The number of benzene rings is 2. The molecule has 2 aromatic carbocycles. The summed E-state index contributed by atoms with van der Waals surface area (Å²) in [7, 11) is 1.41. The van der Waals surface area contributed by atoms with Crippen LogP contribution in [0.2, 0.25) is 0 Å². The molecule has 8 heteroatoms. The fraction of sp³-hybridized carbons (Fsp3) is 0.100. The molecule has 0 unspecified atom stereocenters. The van der Waals surface area contributed by atoms with Crippen molar-refractivity contribution in [1.29, 1.82) is 0 Å². The van der Waals surface area contributed by atoms with Crippen molar-refractivity contribution in [3.05, 3.63) is 71.4 Å². The average molecular weight is 387 g/mol. The van der Waals surface area contributed by atoms with Crippen molar-refractivity contribution in [3.8, 4) is 5.75 Å². The van der Waals surface area contributed by atoms with E-state index in [0.717, 1.165) is 18.2 Å². The van der Waals surface area contributed by atoms with Gasteiger partial charge >= 0.3 is 5.97 Å². The molecule has 2 N–H and O–H groups in total. The lowest BCUT2D eigenvalue weighted by atomic mass is 10.1. The summed E-state index contributed by atoms with van der Waals surface area (Å²) in [6.45, 7) is -0.0621. The van der Waals surface area contributed by atoms with E-state index in [2.05, 4.69) is 0 Å². The quantitative estimate of drug-likeness (QED) is 0.384. The number of carbonyl (C=O) groups excluding carboxylic acids is 1. The Hall–Kier alpha value is -3.68. The SMILES string of the molecule is COc1cccc2c1c(/C(O)=C\C(=O)C(=O)O)cn2Cc1cc(F)ccc1F. The minimum absolute atomic E-state index is 0.0621. The zero-order chi connectivity index (χ0) is 20.4. The molecule has 6 nitrogen and oxygen atoms in total. The number of hydrogen-bond donors (Lipinski definition) is 2. The first kappa shape index (κ1) is 19.1. The monoisotopic (exact) mass is 387 g/mol. The van der Waals surface area contributed by atoms with Gasteiger partial charge in [0.2, 0.25) is 0 Å². The normalized spacial score (nSPS) is 11.6. The first-order valence-corrected chi connectivity index (χ1v) is 8.10. The molecule has 0 saturated carbocycles. The van der Waals surface area contributed by atoms with E-state index in [4.69, 9.17) is 9.84 Å². The number of rotatable bonds is 6. The minimum atomic E-state index is -1.72. The lowest BCUT2D eigenvalue weighted by Crippen LogP contribution is -2.09. The van der Waals surface area contributed by atoms with E-state index < -0.39 is 29.1 Å². The number of hydrogen-bond acceptors (Lipinski definition) is 4. The molecule has 0 aliphatic rings. The van der Waals surface area contributed by atoms with E-state index in [1.54, 1.807) is 22.8 Å². The number of carboxylic acids is 1. The third-order valence-electron chi connectivity index (χ3n) is 4.19. The predicted molar refractivity (Wildman–Crippen MR) is 97.2 cm³/mol. The number of nitrogens with zero attached hydrogens (tertiary/aromatic N) is 1. The van der Waals surface area contributed by atoms with Gasteiger partial charge in [-0.05, 0) is 30.3 Å². The zero-order valence-corrected chi connectivity index (χ0v) is 14.6. The fourth-order valence-electron chi connectivity index (χ4n) is 2.93. The Morgan fingerprint density at radius 1 is 1.18 bits per heavy atom. The molecule has 1 heterocycles. The van der Waals surface area contributed by atoms with Gasteiger partial charge in [0.1, 0.15) is 23.1 Å². The van der Waals surface area contributed by atoms with Gasteiger partial charge in [-0.2, -0.15) is 0 Å². The Bertz CT molecular complexity index is 1120. The Kier molecular flexibility index (Phi) is 5.12. The number of carbonyl (C=O) groups is 2. The van der Waals surface area contributed by atoms with Crippen LogP contribution in [0.1, 0.15) is 11.1 Å². The summed E-state index contributed by atoms with van der Waals surface area (Å²) in [6, 6.07) is 8.04. The van der Waals surface area contributed by atoms with E-state index in [-0.39, 0.29) is 17.7 Å². The summed E-state index contributed by atoms with van der Waals surface area (Å²) in [4.78, 5) is 22.2. The van der Waals surface area contributed by atoms with Crippen molar-refractivity contribution in [2.24, 2.45) is 0 Å². The summed E-state index contributed by atoms with van der Waals surface area (Å²) in [5.41, 5.74) is 0.718. The maximum Gasteiger partial charge on any atom is 0.376 e. The van der Waals surface area contributed by atoms with Crippen molar-refractivity contribution in [2.75, 3.05) is 7.11 Å². The molecule has 3 aromatic rings. The summed E-state index contributed by atoms with van der Waals surface area (Å²) in [6.07, 6.45) is 2.00. The van der Waals surface area contributed by atoms with Crippen LogP contribution >= 0.6 is 0 Å². The Balaban J connectivity index is 2.19. The second-order valence-electron chi connectivity index (χ2n) is 5.96. The van der Waals surface area contributed by atoms with E-state index in [1.807, 2.05) is 0 Å².